The van der Waals surface area contributed by atoms with Crippen LogP contribution in [0.2, 0.25) is 0 Å². The van der Waals surface area contributed by atoms with E-state index in [4.69, 9.17) is 9.47 Å². The molecule has 0 saturated heterocycles. The summed E-state index contributed by atoms with van der Waals surface area (Å²) >= 11 is 0. The maximum Gasteiger partial charge on any atom is 0.244 e. The molecular weight excluding hydrogens is 306 g/mol. The Morgan fingerprint density at radius 3 is 2.77 bits per heavy atom. The van der Waals surface area contributed by atoms with Crippen LogP contribution in [0.4, 0.5) is 0 Å². The zero-order valence-corrected chi connectivity index (χ0v) is 13.4. The van der Waals surface area contributed by atoms with Crippen LogP contribution in [0.5, 0.6) is 11.5 Å². The minimum absolute atomic E-state index is 0.128. The smallest absolute Gasteiger partial charge is 0.244 e. The van der Waals surface area contributed by atoms with Crippen LogP contribution < -0.4 is 14.2 Å². The number of nitrogens with zero attached hydrogens (tertiary/aromatic N) is 2. The average molecular weight is 323 g/mol. The Bertz CT molecular complexity index is 827. The van der Waals surface area contributed by atoms with E-state index in [2.05, 4.69) is 9.82 Å². The Balaban J connectivity index is 1.86. The number of hydrogen-bond acceptors (Lipinski definition) is 5. The fourth-order valence-corrected chi connectivity index (χ4v) is 3.96. The maximum absolute atomic E-state index is 12.5. The molecule has 0 atom stereocenters. The van der Waals surface area contributed by atoms with E-state index in [-0.39, 0.29) is 18.2 Å². The molecule has 0 amide bonds. The van der Waals surface area contributed by atoms with Gasteiger partial charge in [-0.1, -0.05) is 12.1 Å². The number of para-hydroxylation sites is 1. The number of hydrogen-bond donors (Lipinski definition) is 1. The molecular formula is C14H17N3O4S. The molecule has 1 N–H and O–H groups in total. The molecule has 2 aromatic rings. The van der Waals surface area contributed by atoms with Crippen LogP contribution in [0.3, 0.4) is 0 Å². The van der Waals surface area contributed by atoms with Crippen molar-refractivity contribution in [3.8, 4) is 11.5 Å². The predicted octanol–water partition coefficient (Wildman–Crippen LogP) is 1.24. The van der Waals surface area contributed by atoms with Gasteiger partial charge in [0.2, 0.25) is 16.8 Å². The third kappa shape index (κ3) is 2.44. The Kier molecular flexibility index (Phi) is 3.57. The van der Waals surface area contributed by atoms with Crippen LogP contribution >= 0.6 is 0 Å². The first-order valence-corrected chi connectivity index (χ1v) is 8.26. The van der Waals surface area contributed by atoms with Crippen molar-refractivity contribution in [2.45, 2.75) is 25.3 Å². The lowest BCUT2D eigenvalue weighted by atomic mass is 10.2. The number of fused-ring (bicyclic) bond motifs is 1. The Labute approximate surface area is 128 Å². The molecule has 0 aliphatic carbocycles. The molecule has 0 saturated carbocycles. The van der Waals surface area contributed by atoms with E-state index < -0.39 is 10.0 Å². The molecule has 7 nitrogen and oxygen atoms in total. The van der Waals surface area contributed by atoms with E-state index >= 15 is 0 Å². The highest BCUT2D eigenvalue weighted by Crippen LogP contribution is 2.35. The van der Waals surface area contributed by atoms with Crippen molar-refractivity contribution in [1.29, 1.82) is 0 Å². The number of nitrogens with one attached hydrogen (secondary N) is 1. The van der Waals surface area contributed by atoms with Gasteiger partial charge in [0.1, 0.15) is 4.90 Å². The summed E-state index contributed by atoms with van der Waals surface area (Å²) in [5, 5.41) is 4.14. The van der Waals surface area contributed by atoms with Gasteiger partial charge in [-0.2, -0.15) is 5.10 Å². The summed E-state index contributed by atoms with van der Waals surface area (Å²) < 4.78 is 39.9. The molecule has 22 heavy (non-hydrogen) atoms. The summed E-state index contributed by atoms with van der Waals surface area (Å²) in [6.07, 6.45) is 0. The molecule has 8 heteroatoms. The Morgan fingerprint density at radius 1 is 1.32 bits per heavy atom. The van der Waals surface area contributed by atoms with Crippen molar-refractivity contribution in [3.05, 3.63) is 35.2 Å². The van der Waals surface area contributed by atoms with E-state index in [0.29, 0.717) is 22.9 Å². The largest absolute Gasteiger partial charge is 0.454 e. The second-order valence-corrected chi connectivity index (χ2v) is 6.80. The minimum atomic E-state index is -3.65. The normalized spacial score (nSPS) is 13.6. The van der Waals surface area contributed by atoms with E-state index in [0.717, 1.165) is 5.56 Å². The second-order valence-electron chi connectivity index (χ2n) is 5.10. The Hall–Kier alpha value is -2.06. The first kappa shape index (κ1) is 14.9. The van der Waals surface area contributed by atoms with Gasteiger partial charge in [0, 0.05) is 19.2 Å². The number of aromatic nitrogens is 2. The minimum Gasteiger partial charge on any atom is -0.454 e. The Morgan fingerprint density at radius 2 is 2.09 bits per heavy atom. The zero-order chi connectivity index (χ0) is 15.9. The molecule has 0 radical (unpaired) electrons. The first-order valence-electron chi connectivity index (χ1n) is 6.77. The molecule has 2 heterocycles. The monoisotopic (exact) mass is 323 g/mol. The van der Waals surface area contributed by atoms with Crippen LogP contribution in [0.25, 0.3) is 0 Å². The molecule has 1 aromatic heterocycles. The third-order valence-corrected chi connectivity index (χ3v) is 5.29. The molecule has 0 fully saturated rings. The zero-order valence-electron chi connectivity index (χ0n) is 12.6. The predicted molar refractivity (Wildman–Crippen MR) is 79.3 cm³/mol. The van der Waals surface area contributed by atoms with Gasteiger partial charge in [-0.05, 0) is 19.9 Å². The quantitative estimate of drug-likeness (QED) is 0.915. The van der Waals surface area contributed by atoms with Gasteiger partial charge in [-0.25, -0.2) is 13.1 Å². The highest BCUT2D eigenvalue weighted by Gasteiger charge is 2.25. The third-order valence-electron chi connectivity index (χ3n) is 3.64. The summed E-state index contributed by atoms with van der Waals surface area (Å²) in [5.41, 5.74) is 1.81. The van der Waals surface area contributed by atoms with Crippen LogP contribution in [-0.4, -0.2) is 25.0 Å². The summed E-state index contributed by atoms with van der Waals surface area (Å²) in [6, 6.07) is 5.40. The van der Waals surface area contributed by atoms with Crippen molar-refractivity contribution in [2.24, 2.45) is 7.05 Å². The average Bonchev–Trinajstić information content (AvgIpc) is 3.02. The lowest BCUT2D eigenvalue weighted by molar-refractivity contribution is 0.173. The molecule has 0 bridgehead atoms. The summed E-state index contributed by atoms with van der Waals surface area (Å²) in [7, 11) is -1.93. The van der Waals surface area contributed by atoms with Crippen molar-refractivity contribution in [1.82, 2.24) is 14.5 Å². The van der Waals surface area contributed by atoms with E-state index in [9.17, 15) is 8.42 Å². The van der Waals surface area contributed by atoms with Crippen LogP contribution in [0, 0.1) is 13.8 Å². The number of aryl methyl sites for hydroxylation is 2. The molecule has 118 valence electrons. The van der Waals surface area contributed by atoms with Gasteiger partial charge in [-0.15, -0.1) is 0 Å². The van der Waals surface area contributed by atoms with E-state index in [1.165, 1.54) is 0 Å². The van der Waals surface area contributed by atoms with Crippen LogP contribution in [0.1, 0.15) is 17.0 Å². The topological polar surface area (TPSA) is 82.5 Å². The number of benzene rings is 1. The highest BCUT2D eigenvalue weighted by molar-refractivity contribution is 7.89. The van der Waals surface area contributed by atoms with Crippen molar-refractivity contribution in [2.75, 3.05) is 6.79 Å². The number of ether oxygens (including phenoxy) is 2. The fourth-order valence-electron chi connectivity index (χ4n) is 2.52. The van der Waals surface area contributed by atoms with Gasteiger partial charge >= 0.3 is 0 Å². The molecule has 0 unspecified atom stereocenters. The van der Waals surface area contributed by atoms with Gasteiger partial charge in [0.25, 0.3) is 0 Å². The van der Waals surface area contributed by atoms with E-state index in [1.807, 2.05) is 0 Å². The summed E-state index contributed by atoms with van der Waals surface area (Å²) in [4.78, 5) is 0.222. The van der Waals surface area contributed by atoms with Crippen molar-refractivity contribution < 1.29 is 17.9 Å². The lowest BCUT2D eigenvalue weighted by Crippen LogP contribution is -2.24. The SMILES string of the molecule is Cc1nn(C)c(C)c1S(=O)(=O)NCc1cccc2c1OCO2. The standard InChI is InChI=1S/C14H17N3O4S/c1-9-14(10(2)17(3)16-9)22(18,19)15-7-11-5-4-6-12-13(11)21-8-20-12/h4-6,15H,7-8H2,1-3H3. The lowest BCUT2D eigenvalue weighted by Gasteiger charge is -2.09. The first-order chi connectivity index (χ1) is 10.4. The van der Waals surface area contributed by atoms with Crippen molar-refractivity contribution >= 4 is 10.0 Å². The second kappa shape index (κ2) is 5.29. The molecule has 1 aliphatic rings. The summed E-state index contributed by atoms with van der Waals surface area (Å²) in [6.45, 7) is 3.69. The summed E-state index contributed by atoms with van der Waals surface area (Å²) in [5.74, 6) is 1.22. The molecule has 3 rings (SSSR count). The van der Waals surface area contributed by atoms with Gasteiger partial charge in [0.15, 0.2) is 11.5 Å². The van der Waals surface area contributed by atoms with Crippen LogP contribution in [0.15, 0.2) is 23.1 Å². The molecule has 1 aliphatic heterocycles. The van der Waals surface area contributed by atoms with E-state index in [1.54, 1.807) is 43.8 Å². The van der Waals surface area contributed by atoms with Crippen molar-refractivity contribution in [3.63, 3.8) is 0 Å². The van der Waals surface area contributed by atoms with Crippen LogP contribution in [-0.2, 0) is 23.6 Å². The number of sulfonamides is 1. The maximum atomic E-state index is 12.5. The van der Waals surface area contributed by atoms with Gasteiger partial charge < -0.3 is 9.47 Å². The fraction of sp³-hybridized carbons (Fsp3) is 0.357. The number of rotatable bonds is 4. The molecule has 1 aromatic carbocycles. The molecule has 0 spiro atoms. The van der Waals surface area contributed by atoms with Gasteiger partial charge in [-0.3, -0.25) is 4.68 Å². The highest BCUT2D eigenvalue weighted by atomic mass is 32.2. The van der Waals surface area contributed by atoms with Gasteiger partial charge in [0.05, 0.1) is 11.4 Å².